The van der Waals surface area contributed by atoms with Gasteiger partial charge in [0.2, 0.25) is 0 Å². The molecule has 0 saturated heterocycles. The lowest BCUT2D eigenvalue weighted by molar-refractivity contribution is -0.124. The second-order valence-electron chi connectivity index (χ2n) is 5.58. The number of carbonyl (C=O) groups is 2. The van der Waals surface area contributed by atoms with Crippen molar-refractivity contribution in [3.63, 3.8) is 0 Å². The number of carbonyl (C=O) groups excluding carboxylic acids is 2. The number of rotatable bonds is 2. The highest BCUT2D eigenvalue weighted by molar-refractivity contribution is 5.81. The van der Waals surface area contributed by atoms with Crippen LogP contribution in [0.3, 0.4) is 0 Å². The van der Waals surface area contributed by atoms with Crippen molar-refractivity contribution >= 4 is 11.6 Å². The number of nitrogens with zero attached hydrogens (tertiary/aromatic N) is 1. The fraction of sp³-hybridized carbons (Fsp3) is 0.632. The minimum Gasteiger partial charge on any atom is -0.300 e. The van der Waals surface area contributed by atoms with E-state index in [1.54, 1.807) is 6.07 Å². The zero-order chi connectivity index (χ0) is 16.6. The molecule has 2 saturated carbocycles. The maximum atomic E-state index is 11.2. The predicted molar refractivity (Wildman–Crippen MR) is 88.9 cm³/mol. The van der Waals surface area contributed by atoms with Crippen molar-refractivity contribution in [1.29, 1.82) is 5.26 Å². The van der Waals surface area contributed by atoms with Crippen LogP contribution >= 0.6 is 0 Å². The molecule has 3 heteroatoms. The largest absolute Gasteiger partial charge is 0.300 e. The number of Topliss-reactive ketones (excluding diaryl/α,β-unsaturated/α-hetero) is 2. The zero-order valence-electron chi connectivity index (χ0n) is 13.5. The van der Waals surface area contributed by atoms with Crippen molar-refractivity contribution in [2.45, 2.75) is 70.6 Å². The lowest BCUT2D eigenvalue weighted by Gasteiger charge is -2.18. The van der Waals surface area contributed by atoms with Gasteiger partial charge in [-0.2, -0.15) is 5.26 Å². The van der Waals surface area contributed by atoms with Gasteiger partial charge in [-0.05, 0) is 32.1 Å². The van der Waals surface area contributed by atoms with Gasteiger partial charge in [0.15, 0.2) is 0 Å². The summed E-state index contributed by atoms with van der Waals surface area (Å²) in [6, 6.07) is 1.69. The molecular formula is C19H27NO2. The first-order chi connectivity index (χ1) is 10.7. The van der Waals surface area contributed by atoms with Gasteiger partial charge in [-0.3, -0.25) is 9.59 Å². The smallest absolute Gasteiger partial charge is 0.136 e. The molecule has 22 heavy (non-hydrogen) atoms. The third-order valence-corrected chi connectivity index (χ3v) is 3.82. The van der Waals surface area contributed by atoms with Crippen molar-refractivity contribution in [2.24, 2.45) is 5.92 Å². The Balaban J connectivity index is 0.000000343. The fourth-order valence-corrected chi connectivity index (χ4v) is 2.56. The Hall–Kier alpha value is -1.87. The molecule has 3 nitrogen and oxygen atoms in total. The molecule has 0 heterocycles. The summed E-state index contributed by atoms with van der Waals surface area (Å²) in [5.41, 5.74) is 0. The van der Waals surface area contributed by atoms with E-state index in [2.05, 4.69) is 12.5 Å². The van der Waals surface area contributed by atoms with E-state index in [0.29, 0.717) is 17.5 Å². The highest BCUT2D eigenvalue weighted by Crippen LogP contribution is 2.23. The molecule has 0 N–H and O–H groups in total. The van der Waals surface area contributed by atoms with E-state index in [0.717, 1.165) is 57.8 Å². The first-order valence-corrected chi connectivity index (χ1v) is 8.14. The van der Waals surface area contributed by atoms with Crippen LogP contribution in [0.5, 0.6) is 0 Å². The maximum absolute atomic E-state index is 11.2. The lowest BCUT2D eigenvalue weighted by Crippen LogP contribution is -2.18. The van der Waals surface area contributed by atoms with Crippen LogP contribution in [0, 0.1) is 29.6 Å². The van der Waals surface area contributed by atoms with E-state index >= 15 is 0 Å². The van der Waals surface area contributed by atoms with Crippen LogP contribution in [0.2, 0.25) is 0 Å². The molecule has 1 unspecified atom stereocenters. The van der Waals surface area contributed by atoms with E-state index in [9.17, 15) is 9.59 Å². The van der Waals surface area contributed by atoms with E-state index in [1.807, 2.05) is 0 Å². The number of nitriles is 1. The molecule has 0 radical (unpaired) electrons. The molecule has 0 bridgehead atoms. The number of allylic oxidation sites excluding steroid dienone is 1. The van der Waals surface area contributed by atoms with Gasteiger partial charge in [-0.25, -0.2) is 0 Å². The summed E-state index contributed by atoms with van der Waals surface area (Å²) in [6.45, 7) is 3.12. The van der Waals surface area contributed by atoms with Gasteiger partial charge in [-0.1, -0.05) is 19.4 Å². The van der Waals surface area contributed by atoms with Gasteiger partial charge in [0.1, 0.15) is 11.6 Å². The van der Waals surface area contributed by atoms with Crippen LogP contribution in [-0.4, -0.2) is 11.6 Å². The summed E-state index contributed by atoms with van der Waals surface area (Å²) < 4.78 is 0. The Labute approximate surface area is 134 Å². The molecule has 0 aliphatic heterocycles. The van der Waals surface area contributed by atoms with Crippen LogP contribution in [0.15, 0.2) is 12.7 Å². The van der Waals surface area contributed by atoms with Gasteiger partial charge in [0.25, 0.3) is 0 Å². The molecule has 2 aliphatic carbocycles. The van der Waals surface area contributed by atoms with Crippen molar-refractivity contribution in [2.75, 3.05) is 0 Å². The highest BCUT2D eigenvalue weighted by atomic mass is 16.1. The third-order valence-electron chi connectivity index (χ3n) is 3.82. The van der Waals surface area contributed by atoms with E-state index < -0.39 is 0 Å². The Bertz CT molecular complexity index is 418. The van der Waals surface area contributed by atoms with E-state index in [1.165, 1.54) is 18.9 Å². The van der Waals surface area contributed by atoms with Crippen molar-refractivity contribution in [1.82, 2.24) is 0 Å². The molecule has 0 aromatic rings. The molecule has 120 valence electrons. The molecule has 0 aromatic carbocycles. The molecular weight excluding hydrogens is 274 g/mol. The molecule has 2 rings (SSSR count). The molecule has 2 aliphatic rings. The normalized spacial score (nSPS) is 20.2. The molecule has 0 spiro atoms. The highest BCUT2D eigenvalue weighted by Gasteiger charge is 2.20. The standard InChI is InChI=1S/C10H14O.C6H10O.C3H3N/c1-2-3-6-9-7-4-5-8-10(9)11;7-6-4-2-1-3-5-6;1-2-3-4/h1,9H,3-8H2;1-5H2;2H,1H2. The van der Waals surface area contributed by atoms with Crippen LogP contribution in [0.25, 0.3) is 0 Å². The summed E-state index contributed by atoms with van der Waals surface area (Å²) in [4.78, 5) is 21.7. The first-order valence-electron chi connectivity index (χ1n) is 8.14. The predicted octanol–water partition coefficient (Wildman–Crippen LogP) is 4.37. The number of ketones is 2. The average Bonchev–Trinajstić information content (AvgIpc) is 2.56. The van der Waals surface area contributed by atoms with Crippen molar-refractivity contribution in [3.05, 3.63) is 12.7 Å². The summed E-state index contributed by atoms with van der Waals surface area (Å²) in [7, 11) is 0. The molecule has 0 aromatic heterocycles. The maximum Gasteiger partial charge on any atom is 0.136 e. The Morgan fingerprint density at radius 1 is 1.14 bits per heavy atom. The topological polar surface area (TPSA) is 57.9 Å². The minimum absolute atomic E-state index is 0.291. The first kappa shape index (κ1) is 20.1. The second kappa shape index (κ2) is 14.1. The molecule has 1 atom stereocenters. The quantitative estimate of drug-likeness (QED) is 0.562. The number of hydrogen-bond donors (Lipinski definition) is 0. The summed E-state index contributed by atoms with van der Waals surface area (Å²) in [6.07, 6.45) is 17.4. The van der Waals surface area contributed by atoms with Gasteiger partial charge in [0, 0.05) is 37.7 Å². The Kier molecular flexibility index (Phi) is 12.9. The van der Waals surface area contributed by atoms with Crippen molar-refractivity contribution < 1.29 is 9.59 Å². The minimum atomic E-state index is 0.291. The third kappa shape index (κ3) is 10.9. The van der Waals surface area contributed by atoms with Gasteiger partial charge < -0.3 is 0 Å². The van der Waals surface area contributed by atoms with Gasteiger partial charge in [-0.15, -0.1) is 12.3 Å². The van der Waals surface area contributed by atoms with Gasteiger partial charge >= 0.3 is 0 Å². The summed E-state index contributed by atoms with van der Waals surface area (Å²) in [5.74, 6) is 3.78. The fourth-order valence-electron chi connectivity index (χ4n) is 2.56. The number of hydrogen-bond acceptors (Lipinski definition) is 3. The Morgan fingerprint density at radius 2 is 1.73 bits per heavy atom. The van der Waals surface area contributed by atoms with E-state index in [4.69, 9.17) is 11.7 Å². The molecule has 0 amide bonds. The SMILES string of the molecule is C#CCCC1CCCCC1=O.C=CC#N.O=C1CCCCC1. The van der Waals surface area contributed by atoms with Crippen molar-refractivity contribution in [3.8, 4) is 18.4 Å². The van der Waals surface area contributed by atoms with Crippen LogP contribution < -0.4 is 0 Å². The van der Waals surface area contributed by atoms with E-state index in [-0.39, 0.29) is 0 Å². The summed E-state index contributed by atoms with van der Waals surface area (Å²) >= 11 is 0. The molecule has 2 fully saturated rings. The van der Waals surface area contributed by atoms with Gasteiger partial charge in [0.05, 0.1) is 6.07 Å². The van der Waals surface area contributed by atoms with Crippen LogP contribution in [0.1, 0.15) is 70.6 Å². The lowest BCUT2D eigenvalue weighted by atomic mass is 9.85. The van der Waals surface area contributed by atoms with Crippen LogP contribution in [-0.2, 0) is 9.59 Å². The number of terminal acetylenes is 1. The monoisotopic (exact) mass is 301 g/mol. The second-order valence-corrected chi connectivity index (χ2v) is 5.58. The zero-order valence-corrected chi connectivity index (χ0v) is 13.5. The van der Waals surface area contributed by atoms with Crippen LogP contribution in [0.4, 0.5) is 0 Å². The Morgan fingerprint density at radius 3 is 2.14 bits per heavy atom. The summed E-state index contributed by atoms with van der Waals surface area (Å²) in [5, 5.41) is 7.51. The average molecular weight is 301 g/mol.